The van der Waals surface area contributed by atoms with Crippen molar-refractivity contribution in [3.8, 4) is 0 Å². The third kappa shape index (κ3) is 4.21. The van der Waals surface area contributed by atoms with E-state index in [1.54, 1.807) is 4.90 Å². The lowest BCUT2D eigenvalue weighted by Crippen LogP contribution is -2.48. The number of oxazole rings is 1. The van der Waals surface area contributed by atoms with Crippen molar-refractivity contribution >= 4 is 33.1 Å². The molecule has 0 radical (unpaired) electrons. The molecule has 0 spiro atoms. The van der Waals surface area contributed by atoms with Crippen molar-refractivity contribution in [2.24, 2.45) is 0 Å². The average Bonchev–Trinajstić information content (AvgIpc) is 2.94. The zero-order valence-electron chi connectivity index (χ0n) is 13.3. The Balaban J connectivity index is 1.65. The van der Waals surface area contributed by atoms with Gasteiger partial charge in [-0.15, -0.1) is 0 Å². The van der Waals surface area contributed by atoms with E-state index in [0.717, 1.165) is 24.6 Å². The zero-order chi connectivity index (χ0) is 17.2. The summed E-state index contributed by atoms with van der Waals surface area (Å²) in [5.41, 5.74) is 1.40. The van der Waals surface area contributed by atoms with Crippen molar-refractivity contribution in [1.82, 2.24) is 14.6 Å². The molecule has 3 rings (SSSR count). The molecule has 1 aliphatic rings. The van der Waals surface area contributed by atoms with E-state index in [1.807, 2.05) is 24.3 Å². The molecule has 1 N–H and O–H groups in total. The van der Waals surface area contributed by atoms with Crippen molar-refractivity contribution in [3.05, 3.63) is 36.2 Å². The number of carbonyl (C=O) groups is 1. The molecule has 1 amide bonds. The Morgan fingerprint density at radius 3 is 2.96 bits per heavy atom. The molecule has 1 fully saturated rings. The second-order valence-corrected chi connectivity index (χ2v) is 7.65. The van der Waals surface area contributed by atoms with E-state index in [1.165, 1.54) is 12.2 Å². The summed E-state index contributed by atoms with van der Waals surface area (Å²) >= 11 is 0. The molecular weight excluding hydrogens is 330 g/mol. The first kappa shape index (κ1) is 16.7. The van der Waals surface area contributed by atoms with Crippen LogP contribution in [0.4, 0.5) is 0 Å². The lowest BCUT2D eigenvalue weighted by Gasteiger charge is -2.32. The molecule has 1 saturated heterocycles. The normalized spacial score (nSPS) is 19.2. The fraction of sp³-hybridized carbons (Fsp3) is 0.375. The van der Waals surface area contributed by atoms with Gasteiger partial charge in [0.15, 0.2) is 5.58 Å². The largest absolute Gasteiger partial charge is 0.437 e. The molecule has 2 heterocycles. The van der Waals surface area contributed by atoms with Crippen molar-refractivity contribution in [3.63, 3.8) is 0 Å². The van der Waals surface area contributed by atoms with E-state index >= 15 is 0 Å². The number of piperidine rings is 1. The number of nitrogens with zero attached hydrogens (tertiary/aromatic N) is 2. The molecule has 0 bridgehead atoms. The van der Waals surface area contributed by atoms with Crippen LogP contribution in [0.15, 0.2) is 34.8 Å². The highest BCUT2D eigenvalue weighted by Gasteiger charge is 2.24. The number of fused-ring (bicyclic) bond motifs is 1. The second-order valence-electron chi connectivity index (χ2n) is 5.87. The number of amides is 1. The number of sulfonamides is 1. The topological polar surface area (TPSA) is 92.5 Å². The van der Waals surface area contributed by atoms with Crippen LogP contribution in [0.2, 0.25) is 0 Å². The number of aromatic nitrogens is 1. The fourth-order valence-corrected chi connectivity index (χ4v) is 3.58. The number of likely N-dealkylation sites (tertiary alicyclic amines) is 1. The maximum absolute atomic E-state index is 12.3. The first-order valence-electron chi connectivity index (χ1n) is 7.70. The SMILES string of the molecule is CS(=O)(=O)NC1CCCN(C(=O)C=Cc2nc3ccccc3o2)C1. The molecule has 2 aromatic rings. The van der Waals surface area contributed by atoms with Crippen LogP contribution in [-0.4, -0.2) is 49.6 Å². The lowest BCUT2D eigenvalue weighted by atomic mass is 10.1. The molecule has 128 valence electrons. The van der Waals surface area contributed by atoms with Gasteiger partial charge in [-0.2, -0.15) is 0 Å². The number of benzene rings is 1. The summed E-state index contributed by atoms with van der Waals surface area (Å²) in [6, 6.07) is 7.13. The third-order valence-electron chi connectivity index (χ3n) is 3.79. The monoisotopic (exact) mass is 349 g/mol. The number of carbonyl (C=O) groups excluding carboxylic acids is 1. The first-order valence-corrected chi connectivity index (χ1v) is 9.60. The predicted molar refractivity (Wildman–Crippen MR) is 90.6 cm³/mol. The Morgan fingerprint density at radius 2 is 2.21 bits per heavy atom. The molecule has 1 unspecified atom stereocenters. The van der Waals surface area contributed by atoms with Gasteiger partial charge in [0, 0.05) is 31.3 Å². The van der Waals surface area contributed by atoms with Crippen LogP contribution in [-0.2, 0) is 14.8 Å². The van der Waals surface area contributed by atoms with Crippen molar-refractivity contribution < 1.29 is 17.6 Å². The third-order valence-corrected chi connectivity index (χ3v) is 4.55. The second kappa shape index (κ2) is 6.74. The molecular formula is C16H19N3O4S. The Kier molecular flexibility index (Phi) is 4.68. The molecule has 1 aliphatic heterocycles. The Morgan fingerprint density at radius 1 is 1.42 bits per heavy atom. The summed E-state index contributed by atoms with van der Waals surface area (Å²) in [5.74, 6) is 0.185. The summed E-state index contributed by atoms with van der Waals surface area (Å²) in [4.78, 5) is 18.2. The van der Waals surface area contributed by atoms with E-state index in [0.29, 0.717) is 24.6 Å². The lowest BCUT2D eigenvalue weighted by molar-refractivity contribution is -0.127. The Labute approximate surface area is 140 Å². The minimum Gasteiger partial charge on any atom is -0.437 e. The maximum Gasteiger partial charge on any atom is 0.246 e. The van der Waals surface area contributed by atoms with E-state index in [9.17, 15) is 13.2 Å². The van der Waals surface area contributed by atoms with Gasteiger partial charge in [0.25, 0.3) is 0 Å². The van der Waals surface area contributed by atoms with Gasteiger partial charge in [-0.3, -0.25) is 4.79 Å². The predicted octanol–water partition coefficient (Wildman–Crippen LogP) is 1.38. The van der Waals surface area contributed by atoms with Crippen LogP contribution in [0.5, 0.6) is 0 Å². The number of nitrogens with one attached hydrogen (secondary N) is 1. The van der Waals surface area contributed by atoms with Gasteiger partial charge in [-0.1, -0.05) is 12.1 Å². The number of hydrogen-bond acceptors (Lipinski definition) is 5. The summed E-state index contributed by atoms with van der Waals surface area (Å²) in [5, 5.41) is 0. The van der Waals surface area contributed by atoms with Gasteiger partial charge < -0.3 is 9.32 Å². The minimum atomic E-state index is -3.27. The van der Waals surface area contributed by atoms with Crippen LogP contribution in [0.1, 0.15) is 18.7 Å². The number of hydrogen-bond donors (Lipinski definition) is 1. The van der Waals surface area contributed by atoms with Gasteiger partial charge in [0.2, 0.25) is 21.8 Å². The summed E-state index contributed by atoms with van der Waals surface area (Å²) in [6.45, 7) is 0.975. The molecule has 1 aromatic carbocycles. The van der Waals surface area contributed by atoms with Crippen molar-refractivity contribution in [2.75, 3.05) is 19.3 Å². The number of rotatable bonds is 4. The highest BCUT2D eigenvalue weighted by atomic mass is 32.2. The summed E-state index contributed by atoms with van der Waals surface area (Å²) in [6.07, 6.45) is 5.56. The van der Waals surface area contributed by atoms with Crippen molar-refractivity contribution in [1.29, 1.82) is 0 Å². The van der Waals surface area contributed by atoms with E-state index in [-0.39, 0.29) is 11.9 Å². The zero-order valence-corrected chi connectivity index (χ0v) is 14.1. The van der Waals surface area contributed by atoms with Crippen LogP contribution in [0.25, 0.3) is 17.2 Å². The van der Waals surface area contributed by atoms with Crippen molar-refractivity contribution in [2.45, 2.75) is 18.9 Å². The highest BCUT2D eigenvalue weighted by Crippen LogP contribution is 2.16. The Bertz CT molecular complexity index is 839. The molecule has 0 aliphatic carbocycles. The molecule has 1 atom stereocenters. The smallest absolute Gasteiger partial charge is 0.246 e. The molecule has 1 aromatic heterocycles. The average molecular weight is 349 g/mol. The van der Waals surface area contributed by atoms with E-state index in [2.05, 4.69) is 9.71 Å². The number of para-hydroxylation sites is 2. The molecule has 0 saturated carbocycles. The van der Waals surface area contributed by atoms with Crippen LogP contribution < -0.4 is 4.72 Å². The van der Waals surface area contributed by atoms with Crippen LogP contribution >= 0.6 is 0 Å². The van der Waals surface area contributed by atoms with Gasteiger partial charge in [0.05, 0.1) is 6.26 Å². The highest BCUT2D eigenvalue weighted by molar-refractivity contribution is 7.88. The van der Waals surface area contributed by atoms with Gasteiger partial charge in [0.1, 0.15) is 5.52 Å². The van der Waals surface area contributed by atoms with Crippen LogP contribution in [0, 0.1) is 0 Å². The van der Waals surface area contributed by atoms with Gasteiger partial charge in [-0.05, 0) is 25.0 Å². The molecule has 8 heteroatoms. The fourth-order valence-electron chi connectivity index (χ4n) is 2.79. The summed E-state index contributed by atoms with van der Waals surface area (Å²) < 4.78 is 30.7. The Hall–Kier alpha value is -2.19. The summed E-state index contributed by atoms with van der Waals surface area (Å²) in [7, 11) is -3.27. The van der Waals surface area contributed by atoms with E-state index in [4.69, 9.17) is 4.42 Å². The van der Waals surface area contributed by atoms with Gasteiger partial charge >= 0.3 is 0 Å². The van der Waals surface area contributed by atoms with E-state index < -0.39 is 10.0 Å². The molecule has 7 nitrogen and oxygen atoms in total. The maximum atomic E-state index is 12.3. The van der Waals surface area contributed by atoms with Gasteiger partial charge in [-0.25, -0.2) is 18.1 Å². The minimum absolute atomic E-state index is 0.183. The standard InChI is InChI=1S/C16H19N3O4S/c1-24(21,22)18-12-5-4-10-19(11-12)16(20)9-8-15-17-13-6-2-3-7-14(13)23-15/h2-3,6-9,12,18H,4-5,10-11H2,1H3. The molecule has 24 heavy (non-hydrogen) atoms. The first-order chi connectivity index (χ1) is 11.4. The quantitative estimate of drug-likeness (QED) is 0.842. The van der Waals surface area contributed by atoms with Crippen LogP contribution in [0.3, 0.4) is 0 Å².